The van der Waals surface area contributed by atoms with E-state index in [-0.39, 0.29) is 10.6 Å². The van der Waals surface area contributed by atoms with Crippen molar-refractivity contribution in [1.29, 1.82) is 0 Å². The SMILES string of the molecule is O=C1S/C(=C/c2ccc(Br)o2)C(=O)N1c1ccccc1F. The van der Waals surface area contributed by atoms with Gasteiger partial charge in [-0.05, 0) is 52.0 Å². The third kappa shape index (κ3) is 2.66. The first-order valence-electron chi connectivity index (χ1n) is 5.84. The summed E-state index contributed by atoms with van der Waals surface area (Å²) in [4.78, 5) is 25.2. The Morgan fingerprint density at radius 3 is 2.62 bits per heavy atom. The molecule has 0 saturated carbocycles. The molecule has 7 heteroatoms. The minimum Gasteiger partial charge on any atom is -0.450 e. The highest BCUT2D eigenvalue weighted by Crippen LogP contribution is 2.36. The Balaban J connectivity index is 1.96. The van der Waals surface area contributed by atoms with E-state index in [0.717, 1.165) is 16.7 Å². The number of carbonyl (C=O) groups excluding carboxylic acids is 2. The average Bonchev–Trinajstić information content (AvgIpc) is 2.96. The number of halogens is 2. The minimum absolute atomic E-state index is 0.0518. The van der Waals surface area contributed by atoms with E-state index in [4.69, 9.17) is 4.42 Å². The maximum Gasteiger partial charge on any atom is 0.298 e. The highest BCUT2D eigenvalue weighted by molar-refractivity contribution is 9.10. The first kappa shape index (κ1) is 14.1. The number of furan rings is 1. The predicted octanol–water partition coefficient (Wildman–Crippen LogP) is 4.42. The van der Waals surface area contributed by atoms with Gasteiger partial charge in [-0.3, -0.25) is 9.59 Å². The van der Waals surface area contributed by atoms with E-state index in [9.17, 15) is 14.0 Å². The Morgan fingerprint density at radius 2 is 1.95 bits per heavy atom. The molecular formula is C14H7BrFNO3S. The number of amides is 2. The van der Waals surface area contributed by atoms with Crippen LogP contribution in [0, 0.1) is 5.82 Å². The van der Waals surface area contributed by atoms with Gasteiger partial charge >= 0.3 is 0 Å². The largest absolute Gasteiger partial charge is 0.450 e. The van der Waals surface area contributed by atoms with Crippen LogP contribution in [0.4, 0.5) is 14.9 Å². The summed E-state index contributed by atoms with van der Waals surface area (Å²) in [7, 11) is 0. The lowest BCUT2D eigenvalue weighted by molar-refractivity contribution is -0.113. The second kappa shape index (κ2) is 5.50. The highest BCUT2D eigenvalue weighted by Gasteiger charge is 2.37. The summed E-state index contributed by atoms with van der Waals surface area (Å²) >= 11 is 3.90. The van der Waals surface area contributed by atoms with Crippen LogP contribution in [0.5, 0.6) is 0 Å². The van der Waals surface area contributed by atoms with E-state index in [1.165, 1.54) is 24.3 Å². The van der Waals surface area contributed by atoms with Crippen molar-refractivity contribution in [3.63, 3.8) is 0 Å². The van der Waals surface area contributed by atoms with Gasteiger partial charge < -0.3 is 4.42 Å². The standard InChI is InChI=1S/C14H7BrFNO3S/c15-12-6-5-8(20-12)7-11-13(18)17(14(19)21-11)10-4-2-1-3-9(10)16/h1-7H/b11-7+. The first-order chi connectivity index (χ1) is 10.1. The van der Waals surface area contributed by atoms with Crippen molar-refractivity contribution in [3.05, 3.63) is 57.6 Å². The van der Waals surface area contributed by atoms with Gasteiger partial charge in [0, 0.05) is 6.08 Å². The molecule has 4 nitrogen and oxygen atoms in total. The molecule has 21 heavy (non-hydrogen) atoms. The Morgan fingerprint density at radius 1 is 1.19 bits per heavy atom. The van der Waals surface area contributed by atoms with Gasteiger partial charge in [-0.2, -0.15) is 0 Å². The van der Waals surface area contributed by atoms with Crippen molar-refractivity contribution in [1.82, 2.24) is 0 Å². The summed E-state index contributed by atoms with van der Waals surface area (Å²) in [6, 6.07) is 8.97. The molecule has 1 fully saturated rings. The average molecular weight is 368 g/mol. The maximum atomic E-state index is 13.7. The number of rotatable bonds is 2. The smallest absolute Gasteiger partial charge is 0.298 e. The number of benzene rings is 1. The van der Waals surface area contributed by atoms with Crippen molar-refractivity contribution >= 4 is 50.6 Å². The lowest BCUT2D eigenvalue weighted by atomic mass is 10.2. The fourth-order valence-corrected chi connectivity index (χ4v) is 2.98. The molecule has 2 amide bonds. The summed E-state index contributed by atoms with van der Waals surface area (Å²) in [5.74, 6) is -0.759. The lowest BCUT2D eigenvalue weighted by Gasteiger charge is -2.12. The molecule has 0 bridgehead atoms. The zero-order chi connectivity index (χ0) is 15.0. The van der Waals surface area contributed by atoms with Gasteiger partial charge in [-0.1, -0.05) is 12.1 Å². The molecule has 2 aromatic rings. The molecule has 1 saturated heterocycles. The van der Waals surface area contributed by atoms with Crippen molar-refractivity contribution < 1.29 is 18.4 Å². The summed E-state index contributed by atoms with van der Waals surface area (Å²) in [5.41, 5.74) is -0.0518. The zero-order valence-corrected chi connectivity index (χ0v) is 12.8. The predicted molar refractivity (Wildman–Crippen MR) is 81.3 cm³/mol. The number of para-hydroxylation sites is 1. The molecule has 0 spiro atoms. The van der Waals surface area contributed by atoms with E-state index in [2.05, 4.69) is 15.9 Å². The summed E-state index contributed by atoms with van der Waals surface area (Å²) < 4.78 is 19.5. The van der Waals surface area contributed by atoms with Crippen LogP contribution in [-0.2, 0) is 4.79 Å². The number of carbonyl (C=O) groups is 2. The van der Waals surface area contributed by atoms with Crippen LogP contribution in [0.2, 0.25) is 0 Å². The van der Waals surface area contributed by atoms with Gasteiger partial charge in [0.2, 0.25) is 0 Å². The molecule has 3 rings (SSSR count). The first-order valence-corrected chi connectivity index (χ1v) is 7.45. The number of hydrogen-bond acceptors (Lipinski definition) is 4. The van der Waals surface area contributed by atoms with Gasteiger partial charge in [-0.25, -0.2) is 9.29 Å². The van der Waals surface area contributed by atoms with Crippen molar-refractivity contribution in [3.8, 4) is 0 Å². The lowest BCUT2D eigenvalue weighted by Crippen LogP contribution is -2.28. The molecule has 1 aliphatic heterocycles. The third-order valence-electron chi connectivity index (χ3n) is 2.75. The van der Waals surface area contributed by atoms with Crippen molar-refractivity contribution in [2.75, 3.05) is 4.90 Å². The van der Waals surface area contributed by atoms with E-state index in [0.29, 0.717) is 10.4 Å². The molecule has 0 N–H and O–H groups in total. The number of anilines is 1. The fourth-order valence-electron chi connectivity index (χ4n) is 1.84. The molecular weight excluding hydrogens is 361 g/mol. The van der Waals surface area contributed by atoms with E-state index in [1.807, 2.05) is 0 Å². The van der Waals surface area contributed by atoms with E-state index >= 15 is 0 Å². The van der Waals surface area contributed by atoms with E-state index in [1.54, 1.807) is 18.2 Å². The summed E-state index contributed by atoms with van der Waals surface area (Å²) in [5, 5.41) is -0.540. The summed E-state index contributed by atoms with van der Waals surface area (Å²) in [6.07, 6.45) is 1.45. The van der Waals surface area contributed by atoms with Gasteiger partial charge in [-0.15, -0.1) is 0 Å². The Kier molecular flexibility index (Phi) is 3.69. The van der Waals surface area contributed by atoms with Crippen LogP contribution in [0.1, 0.15) is 5.76 Å². The van der Waals surface area contributed by atoms with Crippen LogP contribution < -0.4 is 4.90 Å². The minimum atomic E-state index is -0.623. The fraction of sp³-hybridized carbons (Fsp3) is 0. The number of hydrogen-bond donors (Lipinski definition) is 0. The van der Waals surface area contributed by atoms with Crippen LogP contribution in [0.25, 0.3) is 6.08 Å². The number of thioether (sulfide) groups is 1. The molecule has 1 aromatic heterocycles. The Hall–Kier alpha value is -1.86. The highest BCUT2D eigenvalue weighted by atomic mass is 79.9. The van der Waals surface area contributed by atoms with Crippen LogP contribution in [0.3, 0.4) is 0 Å². The maximum absolute atomic E-state index is 13.7. The third-order valence-corrected chi connectivity index (χ3v) is 4.05. The van der Waals surface area contributed by atoms with Crippen LogP contribution in [0.15, 0.2) is 50.4 Å². The van der Waals surface area contributed by atoms with Gasteiger partial charge in [0.05, 0.1) is 10.6 Å². The molecule has 0 radical (unpaired) electrons. The molecule has 0 unspecified atom stereocenters. The zero-order valence-electron chi connectivity index (χ0n) is 10.4. The Bertz CT molecular complexity index is 771. The quantitative estimate of drug-likeness (QED) is 0.737. The van der Waals surface area contributed by atoms with Crippen molar-refractivity contribution in [2.24, 2.45) is 0 Å². The Labute approximate surface area is 131 Å². The van der Waals surface area contributed by atoms with Gasteiger partial charge in [0.15, 0.2) is 4.67 Å². The summed E-state index contributed by atoms with van der Waals surface area (Å²) in [6.45, 7) is 0. The number of imide groups is 1. The molecule has 106 valence electrons. The van der Waals surface area contributed by atoms with E-state index < -0.39 is 17.0 Å². The van der Waals surface area contributed by atoms with Crippen LogP contribution >= 0.6 is 27.7 Å². The van der Waals surface area contributed by atoms with Crippen molar-refractivity contribution in [2.45, 2.75) is 0 Å². The second-order valence-corrected chi connectivity index (χ2v) is 5.89. The monoisotopic (exact) mass is 367 g/mol. The van der Waals surface area contributed by atoms with Crippen LogP contribution in [-0.4, -0.2) is 11.1 Å². The van der Waals surface area contributed by atoms with Gasteiger partial charge in [0.25, 0.3) is 11.1 Å². The molecule has 1 aliphatic rings. The topological polar surface area (TPSA) is 50.5 Å². The normalized spacial score (nSPS) is 17.0. The number of nitrogens with zero attached hydrogens (tertiary/aromatic N) is 1. The van der Waals surface area contributed by atoms with Gasteiger partial charge in [0.1, 0.15) is 11.6 Å². The molecule has 0 aliphatic carbocycles. The second-order valence-electron chi connectivity index (χ2n) is 4.11. The molecule has 2 heterocycles. The molecule has 1 aromatic carbocycles. The molecule has 0 atom stereocenters.